The fraction of sp³-hybridized carbons (Fsp3) is 0.310. The highest BCUT2D eigenvalue weighted by Crippen LogP contribution is 2.46. The summed E-state index contributed by atoms with van der Waals surface area (Å²) in [5.41, 5.74) is 4.48. The fourth-order valence-corrected chi connectivity index (χ4v) is 5.43. The molecule has 198 valence electrons. The molecule has 0 aliphatic carbocycles. The minimum Gasteiger partial charge on any atom is -0.495 e. The van der Waals surface area contributed by atoms with Gasteiger partial charge in [0.05, 0.1) is 30.0 Å². The van der Waals surface area contributed by atoms with E-state index in [2.05, 4.69) is 42.7 Å². The van der Waals surface area contributed by atoms with Crippen molar-refractivity contribution >= 4 is 51.3 Å². The van der Waals surface area contributed by atoms with Gasteiger partial charge in [-0.2, -0.15) is 0 Å². The Balaban J connectivity index is 1.66. The molecule has 0 atom stereocenters. The number of aromatic nitrogens is 2. The lowest BCUT2D eigenvalue weighted by Crippen LogP contribution is -2.28. The Morgan fingerprint density at radius 1 is 0.947 bits per heavy atom. The van der Waals surface area contributed by atoms with Gasteiger partial charge in [0.2, 0.25) is 0 Å². The summed E-state index contributed by atoms with van der Waals surface area (Å²) in [7, 11) is 3.11. The van der Waals surface area contributed by atoms with Gasteiger partial charge in [0, 0.05) is 53.5 Å². The molecule has 1 aliphatic rings. The molecule has 2 aromatic carbocycles. The lowest BCUT2D eigenvalue weighted by molar-refractivity contribution is 0.0904. The molecule has 0 radical (unpaired) electrons. The van der Waals surface area contributed by atoms with Crippen LogP contribution in [-0.2, 0) is 4.74 Å². The predicted molar refractivity (Wildman–Crippen MR) is 155 cm³/mol. The quantitative estimate of drug-likeness (QED) is 0.244. The number of hydrogen-bond acceptors (Lipinski definition) is 7. The Labute approximate surface area is 232 Å². The Morgan fingerprint density at radius 3 is 2.24 bits per heavy atom. The monoisotopic (exact) mass is 552 g/mol. The summed E-state index contributed by atoms with van der Waals surface area (Å²) in [6, 6.07) is 12.1. The molecule has 2 N–H and O–H groups in total. The van der Waals surface area contributed by atoms with Gasteiger partial charge in [-0.25, -0.2) is 9.97 Å². The molecular weight excluding hydrogens is 523 g/mol. The van der Waals surface area contributed by atoms with Gasteiger partial charge in [-0.1, -0.05) is 41.4 Å². The van der Waals surface area contributed by atoms with E-state index in [4.69, 9.17) is 47.4 Å². The summed E-state index contributed by atoms with van der Waals surface area (Å²) in [6.07, 6.45) is 3.62. The van der Waals surface area contributed by atoms with Gasteiger partial charge >= 0.3 is 0 Å². The maximum atomic E-state index is 6.75. The van der Waals surface area contributed by atoms with Crippen molar-refractivity contribution in [1.82, 2.24) is 9.97 Å². The maximum Gasteiger partial charge on any atom is 0.141 e. The van der Waals surface area contributed by atoms with Crippen LogP contribution in [0.25, 0.3) is 22.0 Å². The molecule has 3 heterocycles. The smallest absolute Gasteiger partial charge is 0.141 e. The second kappa shape index (κ2) is 11.2. The van der Waals surface area contributed by atoms with E-state index in [1.54, 1.807) is 20.3 Å². The number of methoxy groups -OCH3 is 2. The Kier molecular flexibility index (Phi) is 7.79. The zero-order valence-corrected chi connectivity index (χ0v) is 23.3. The van der Waals surface area contributed by atoms with Gasteiger partial charge in [0.25, 0.3) is 0 Å². The van der Waals surface area contributed by atoms with Crippen molar-refractivity contribution in [1.29, 1.82) is 0 Å². The molecule has 38 heavy (non-hydrogen) atoms. The number of rotatable bonds is 7. The Morgan fingerprint density at radius 2 is 1.61 bits per heavy atom. The van der Waals surface area contributed by atoms with Gasteiger partial charge in [-0.05, 0) is 49.9 Å². The Bertz CT molecular complexity index is 1440. The largest absolute Gasteiger partial charge is 0.495 e. The van der Waals surface area contributed by atoms with Gasteiger partial charge < -0.3 is 24.8 Å². The van der Waals surface area contributed by atoms with E-state index in [1.807, 2.05) is 18.3 Å². The minimum absolute atomic E-state index is 0.226. The molecule has 0 spiro atoms. The molecule has 1 saturated heterocycles. The maximum absolute atomic E-state index is 6.75. The van der Waals surface area contributed by atoms with Crippen LogP contribution in [-0.4, -0.2) is 43.4 Å². The predicted octanol–water partition coefficient (Wildman–Crippen LogP) is 7.57. The molecule has 0 amide bonds. The van der Waals surface area contributed by atoms with Crippen LogP contribution in [0, 0.1) is 13.8 Å². The van der Waals surface area contributed by atoms with E-state index in [9.17, 15) is 0 Å². The van der Waals surface area contributed by atoms with Crippen LogP contribution in [0.1, 0.15) is 24.0 Å². The third-order valence-corrected chi connectivity index (χ3v) is 7.59. The standard InChI is InChI=1S/C29H30Cl2N4O3/c1-16-6-5-7-17(2)28(16)35-24-13-20-18(15-32-24)12-21(34-29(20)33-19-8-10-38-11-9-19)25-26(30)22(36-3)14-23(37-4)27(25)31/h5-7,12-15,19H,8-11H2,1-4H3,(H,32,35)(H,33,34). The van der Waals surface area contributed by atoms with E-state index < -0.39 is 0 Å². The Hall–Kier alpha value is -3.26. The van der Waals surface area contributed by atoms with E-state index in [-0.39, 0.29) is 6.04 Å². The molecule has 1 fully saturated rings. The number of ether oxygens (including phenoxy) is 3. The average molecular weight is 553 g/mol. The lowest BCUT2D eigenvalue weighted by atomic mass is 10.0. The van der Waals surface area contributed by atoms with Crippen molar-refractivity contribution in [3.05, 3.63) is 63.8 Å². The van der Waals surface area contributed by atoms with Crippen LogP contribution in [0.3, 0.4) is 0 Å². The first kappa shape index (κ1) is 26.4. The number of para-hydroxylation sites is 1. The van der Waals surface area contributed by atoms with Gasteiger partial charge in [-0.15, -0.1) is 0 Å². The molecule has 0 saturated carbocycles. The minimum atomic E-state index is 0.226. The summed E-state index contributed by atoms with van der Waals surface area (Å²) in [4.78, 5) is 9.75. The summed E-state index contributed by atoms with van der Waals surface area (Å²) in [5, 5.41) is 9.70. The summed E-state index contributed by atoms with van der Waals surface area (Å²) in [6.45, 7) is 5.58. The third kappa shape index (κ3) is 5.19. The molecular formula is C29H30Cl2N4O3. The highest BCUT2D eigenvalue weighted by atomic mass is 35.5. The molecule has 0 unspecified atom stereocenters. The van der Waals surface area contributed by atoms with E-state index in [0.29, 0.717) is 46.0 Å². The SMILES string of the molecule is COc1cc(OC)c(Cl)c(-c2cc3cnc(Nc4c(C)cccc4C)cc3c(NC3CCOCC3)n2)c1Cl. The van der Waals surface area contributed by atoms with Gasteiger partial charge in [0.15, 0.2) is 0 Å². The summed E-state index contributed by atoms with van der Waals surface area (Å²) < 4.78 is 16.5. The first-order valence-corrected chi connectivity index (χ1v) is 13.2. The zero-order chi connectivity index (χ0) is 26.8. The van der Waals surface area contributed by atoms with Gasteiger partial charge in [0.1, 0.15) is 23.1 Å². The number of fused-ring (bicyclic) bond motifs is 1. The van der Waals surface area contributed by atoms with Crippen LogP contribution in [0.5, 0.6) is 11.5 Å². The first-order valence-electron chi connectivity index (χ1n) is 12.5. The van der Waals surface area contributed by atoms with Crippen LogP contribution in [0.4, 0.5) is 17.3 Å². The highest BCUT2D eigenvalue weighted by molar-refractivity contribution is 6.41. The number of aryl methyl sites for hydroxylation is 2. The number of benzene rings is 2. The first-order chi connectivity index (χ1) is 18.4. The molecule has 4 aromatic rings. The molecule has 0 bridgehead atoms. The van der Waals surface area contributed by atoms with Crippen LogP contribution in [0.15, 0.2) is 42.6 Å². The zero-order valence-electron chi connectivity index (χ0n) is 21.8. The average Bonchev–Trinajstić information content (AvgIpc) is 2.92. The molecule has 1 aliphatic heterocycles. The number of anilines is 3. The van der Waals surface area contributed by atoms with E-state index in [0.717, 1.165) is 52.1 Å². The van der Waals surface area contributed by atoms with Crippen molar-refractivity contribution in [3.63, 3.8) is 0 Å². The molecule has 9 heteroatoms. The second-order valence-corrected chi connectivity index (χ2v) is 10.1. The van der Waals surface area contributed by atoms with Crippen molar-refractivity contribution in [3.8, 4) is 22.8 Å². The summed E-state index contributed by atoms with van der Waals surface area (Å²) >= 11 is 13.5. The highest BCUT2D eigenvalue weighted by Gasteiger charge is 2.23. The van der Waals surface area contributed by atoms with Crippen molar-refractivity contribution in [2.24, 2.45) is 0 Å². The van der Waals surface area contributed by atoms with E-state index >= 15 is 0 Å². The van der Waals surface area contributed by atoms with Crippen molar-refractivity contribution in [2.45, 2.75) is 32.7 Å². The second-order valence-electron chi connectivity index (χ2n) is 9.35. The van der Waals surface area contributed by atoms with Gasteiger partial charge in [-0.3, -0.25) is 0 Å². The topological polar surface area (TPSA) is 77.5 Å². The number of nitrogens with one attached hydrogen (secondary N) is 2. The number of pyridine rings is 2. The van der Waals surface area contributed by atoms with E-state index in [1.165, 1.54) is 0 Å². The third-order valence-electron chi connectivity index (χ3n) is 6.84. The van der Waals surface area contributed by atoms with Crippen molar-refractivity contribution in [2.75, 3.05) is 38.1 Å². The molecule has 2 aromatic heterocycles. The fourth-order valence-electron chi connectivity index (χ4n) is 4.74. The normalized spacial score (nSPS) is 13.9. The molecule has 7 nitrogen and oxygen atoms in total. The summed E-state index contributed by atoms with van der Waals surface area (Å²) in [5.74, 6) is 2.37. The number of nitrogens with zero attached hydrogens (tertiary/aromatic N) is 2. The number of halogens is 2. The number of hydrogen-bond donors (Lipinski definition) is 2. The lowest BCUT2D eigenvalue weighted by Gasteiger charge is -2.25. The van der Waals surface area contributed by atoms with Crippen LogP contribution in [0.2, 0.25) is 10.0 Å². The van der Waals surface area contributed by atoms with Crippen molar-refractivity contribution < 1.29 is 14.2 Å². The molecule has 5 rings (SSSR count). The van der Waals surface area contributed by atoms with Crippen LogP contribution >= 0.6 is 23.2 Å². The van der Waals surface area contributed by atoms with Crippen LogP contribution < -0.4 is 20.1 Å².